The van der Waals surface area contributed by atoms with E-state index in [1.54, 1.807) is 36.4 Å². The smallest absolute Gasteiger partial charge is 0.335 e. The summed E-state index contributed by atoms with van der Waals surface area (Å²) >= 11 is 0. The van der Waals surface area contributed by atoms with Gasteiger partial charge < -0.3 is 25.2 Å². The van der Waals surface area contributed by atoms with E-state index < -0.39 is 12.0 Å². The maximum Gasteiger partial charge on any atom is 0.335 e. The summed E-state index contributed by atoms with van der Waals surface area (Å²) in [6, 6.07) is 12.5. The Labute approximate surface area is 139 Å². The van der Waals surface area contributed by atoms with Crippen LogP contribution >= 0.6 is 0 Å². The van der Waals surface area contributed by atoms with Crippen LogP contribution in [-0.2, 0) is 0 Å². The number of carbonyl (C=O) groups excluding carboxylic acids is 1. The van der Waals surface area contributed by atoms with Crippen molar-refractivity contribution in [1.29, 1.82) is 0 Å². The zero-order valence-corrected chi connectivity index (χ0v) is 13.1. The first-order chi connectivity index (χ1) is 11.6. The molecular formula is C17H18N2O5. The Balaban J connectivity index is 1.79. The predicted molar refractivity (Wildman–Crippen MR) is 88.7 cm³/mol. The maximum absolute atomic E-state index is 11.8. The highest BCUT2D eigenvalue weighted by Crippen LogP contribution is 2.17. The van der Waals surface area contributed by atoms with Gasteiger partial charge >= 0.3 is 12.0 Å². The van der Waals surface area contributed by atoms with Crippen molar-refractivity contribution in [1.82, 2.24) is 5.32 Å². The van der Waals surface area contributed by atoms with E-state index in [2.05, 4.69) is 10.6 Å². The molecule has 2 aromatic rings. The van der Waals surface area contributed by atoms with Crippen molar-refractivity contribution in [3.63, 3.8) is 0 Å². The first-order valence-electron chi connectivity index (χ1n) is 7.32. The lowest BCUT2D eigenvalue weighted by atomic mass is 10.2. The molecule has 0 aliphatic carbocycles. The SMILES string of the molecule is CCOc1ccc(OCNC(=O)Nc2cccc(C(=O)O)c2)cc1. The van der Waals surface area contributed by atoms with Gasteiger partial charge in [0.25, 0.3) is 0 Å². The molecule has 0 spiro atoms. The summed E-state index contributed by atoms with van der Waals surface area (Å²) in [6.07, 6.45) is 0. The third kappa shape index (κ3) is 5.20. The topological polar surface area (TPSA) is 96.9 Å². The number of nitrogens with one attached hydrogen (secondary N) is 2. The number of aromatic carboxylic acids is 1. The molecule has 7 heteroatoms. The number of benzene rings is 2. The lowest BCUT2D eigenvalue weighted by Gasteiger charge is -2.10. The average molecular weight is 330 g/mol. The van der Waals surface area contributed by atoms with Crippen molar-refractivity contribution in [3.8, 4) is 11.5 Å². The molecule has 24 heavy (non-hydrogen) atoms. The standard InChI is InChI=1S/C17H18N2O5/c1-2-23-14-6-8-15(9-7-14)24-11-18-17(22)19-13-5-3-4-12(10-13)16(20)21/h3-10H,2,11H2,1H3,(H,20,21)(H2,18,19,22). The molecule has 0 atom stereocenters. The van der Waals surface area contributed by atoms with E-state index >= 15 is 0 Å². The van der Waals surface area contributed by atoms with Crippen LogP contribution in [0.3, 0.4) is 0 Å². The molecule has 7 nitrogen and oxygen atoms in total. The molecule has 3 N–H and O–H groups in total. The van der Waals surface area contributed by atoms with E-state index in [0.717, 1.165) is 5.75 Å². The average Bonchev–Trinajstić information content (AvgIpc) is 2.57. The van der Waals surface area contributed by atoms with Crippen LogP contribution in [0.5, 0.6) is 11.5 Å². The van der Waals surface area contributed by atoms with Crippen LogP contribution in [0.1, 0.15) is 17.3 Å². The van der Waals surface area contributed by atoms with Gasteiger partial charge in [0.1, 0.15) is 11.5 Å². The van der Waals surface area contributed by atoms with E-state index in [9.17, 15) is 9.59 Å². The minimum absolute atomic E-state index is 0.0293. The molecule has 0 unspecified atom stereocenters. The summed E-state index contributed by atoms with van der Waals surface area (Å²) in [6.45, 7) is 2.46. The summed E-state index contributed by atoms with van der Waals surface area (Å²) in [5, 5.41) is 14.0. The fourth-order valence-corrected chi connectivity index (χ4v) is 1.89. The zero-order valence-electron chi connectivity index (χ0n) is 13.1. The van der Waals surface area contributed by atoms with Crippen molar-refractivity contribution < 1.29 is 24.2 Å². The third-order valence-electron chi connectivity index (χ3n) is 2.97. The molecule has 0 aromatic heterocycles. The number of urea groups is 1. The van der Waals surface area contributed by atoms with Crippen LogP contribution in [-0.4, -0.2) is 30.4 Å². The molecule has 2 aromatic carbocycles. The largest absolute Gasteiger partial charge is 0.494 e. The molecule has 0 bridgehead atoms. The van der Waals surface area contributed by atoms with Crippen LogP contribution in [0.25, 0.3) is 0 Å². The second kappa shape index (κ2) is 8.42. The monoisotopic (exact) mass is 330 g/mol. The minimum Gasteiger partial charge on any atom is -0.494 e. The molecule has 0 aliphatic rings. The number of hydrogen-bond donors (Lipinski definition) is 3. The quantitative estimate of drug-likeness (QED) is 0.678. The molecule has 0 aliphatic heterocycles. The molecule has 0 radical (unpaired) electrons. The van der Waals surface area contributed by atoms with Gasteiger partial charge in [-0.25, -0.2) is 9.59 Å². The summed E-state index contributed by atoms with van der Waals surface area (Å²) in [4.78, 5) is 22.6. The van der Waals surface area contributed by atoms with E-state index in [4.69, 9.17) is 14.6 Å². The van der Waals surface area contributed by atoms with Crippen LogP contribution < -0.4 is 20.1 Å². The van der Waals surface area contributed by atoms with Gasteiger partial charge in [-0.2, -0.15) is 0 Å². The number of carboxylic acids is 1. The summed E-state index contributed by atoms with van der Waals surface area (Å²) in [5.74, 6) is 0.276. The van der Waals surface area contributed by atoms with Gasteiger partial charge in [-0.3, -0.25) is 0 Å². The number of rotatable bonds is 7. The fourth-order valence-electron chi connectivity index (χ4n) is 1.89. The van der Waals surface area contributed by atoms with Gasteiger partial charge in [0.15, 0.2) is 6.73 Å². The molecule has 126 valence electrons. The van der Waals surface area contributed by atoms with Crippen molar-refractivity contribution >= 4 is 17.7 Å². The number of anilines is 1. The summed E-state index contributed by atoms with van der Waals surface area (Å²) in [7, 11) is 0. The van der Waals surface area contributed by atoms with Crippen molar-refractivity contribution in [2.75, 3.05) is 18.7 Å². The Hall–Kier alpha value is -3.22. The van der Waals surface area contributed by atoms with Crippen LogP contribution in [0.15, 0.2) is 48.5 Å². The predicted octanol–water partition coefficient (Wildman–Crippen LogP) is 2.94. The Morgan fingerprint density at radius 3 is 2.33 bits per heavy atom. The lowest BCUT2D eigenvalue weighted by Crippen LogP contribution is -2.32. The maximum atomic E-state index is 11.8. The number of amides is 2. The molecule has 0 saturated carbocycles. The Bertz CT molecular complexity index is 700. The van der Waals surface area contributed by atoms with Gasteiger partial charge in [0.05, 0.1) is 12.2 Å². The lowest BCUT2D eigenvalue weighted by molar-refractivity contribution is 0.0697. The van der Waals surface area contributed by atoms with E-state index in [1.807, 2.05) is 6.92 Å². The van der Waals surface area contributed by atoms with Gasteiger partial charge in [0.2, 0.25) is 0 Å². The Morgan fingerprint density at radius 1 is 1.04 bits per heavy atom. The fraction of sp³-hybridized carbons (Fsp3) is 0.176. The van der Waals surface area contributed by atoms with E-state index in [0.29, 0.717) is 18.0 Å². The van der Waals surface area contributed by atoms with Crippen molar-refractivity contribution in [3.05, 3.63) is 54.1 Å². The molecule has 0 saturated heterocycles. The highest BCUT2D eigenvalue weighted by atomic mass is 16.5. The zero-order chi connectivity index (χ0) is 17.4. The second-order valence-electron chi connectivity index (χ2n) is 4.71. The van der Waals surface area contributed by atoms with Gasteiger partial charge in [0, 0.05) is 5.69 Å². The van der Waals surface area contributed by atoms with E-state index in [-0.39, 0.29) is 12.3 Å². The van der Waals surface area contributed by atoms with E-state index in [1.165, 1.54) is 12.1 Å². The Kier molecular flexibility index (Phi) is 6.01. The molecule has 0 fully saturated rings. The van der Waals surface area contributed by atoms with Gasteiger partial charge in [-0.15, -0.1) is 0 Å². The van der Waals surface area contributed by atoms with Gasteiger partial charge in [-0.1, -0.05) is 6.07 Å². The Morgan fingerprint density at radius 2 is 1.71 bits per heavy atom. The third-order valence-corrected chi connectivity index (χ3v) is 2.97. The van der Waals surface area contributed by atoms with Crippen molar-refractivity contribution in [2.24, 2.45) is 0 Å². The first kappa shape index (κ1) is 17.1. The van der Waals surface area contributed by atoms with Crippen molar-refractivity contribution in [2.45, 2.75) is 6.92 Å². The number of ether oxygens (including phenoxy) is 2. The highest BCUT2D eigenvalue weighted by molar-refractivity contribution is 5.93. The van der Waals surface area contributed by atoms with Crippen LogP contribution in [0.4, 0.5) is 10.5 Å². The van der Waals surface area contributed by atoms with Gasteiger partial charge in [-0.05, 0) is 49.4 Å². The second-order valence-corrected chi connectivity index (χ2v) is 4.71. The minimum atomic E-state index is -1.06. The van der Waals surface area contributed by atoms with Crippen LogP contribution in [0.2, 0.25) is 0 Å². The number of hydrogen-bond acceptors (Lipinski definition) is 4. The molecule has 2 amide bonds. The summed E-state index contributed by atoms with van der Waals surface area (Å²) < 4.78 is 10.7. The molecule has 2 rings (SSSR count). The molecule has 0 heterocycles. The first-order valence-corrected chi connectivity index (χ1v) is 7.32. The summed E-state index contributed by atoms with van der Waals surface area (Å²) in [5.41, 5.74) is 0.479. The highest BCUT2D eigenvalue weighted by Gasteiger charge is 2.06. The normalized spacial score (nSPS) is 9.88. The molecular weight excluding hydrogens is 312 g/mol. The number of carbonyl (C=O) groups is 2. The number of carboxylic acid groups (broad SMARTS) is 1. The van der Waals surface area contributed by atoms with Crippen LogP contribution in [0, 0.1) is 0 Å².